The smallest absolute Gasteiger partial charge is 0.336 e. The van der Waals surface area contributed by atoms with E-state index in [1.165, 1.54) is 17.1 Å². The van der Waals surface area contributed by atoms with Crippen molar-refractivity contribution in [1.29, 1.82) is 0 Å². The zero-order valence-electron chi connectivity index (χ0n) is 21.8. The number of fused-ring (bicyclic) bond motifs is 4. The number of hydrogen-bond donors (Lipinski definition) is 4. The molecule has 3 saturated heterocycles. The Morgan fingerprint density at radius 2 is 1.75 bits per heavy atom. The molecule has 5 N–H and O–H groups in total. The van der Waals surface area contributed by atoms with E-state index < -0.39 is 84.9 Å². The van der Waals surface area contributed by atoms with E-state index in [0.717, 1.165) is 17.2 Å². The molecular formula is C20H21F2N10O9PS2. The van der Waals surface area contributed by atoms with Crippen molar-refractivity contribution in [3.8, 4) is 0 Å². The first-order valence-electron chi connectivity index (χ1n) is 12.7. The Balaban J connectivity index is 1.17. The van der Waals surface area contributed by atoms with Crippen LogP contribution in [-0.4, -0.2) is 102 Å². The molecule has 0 spiro atoms. The minimum absolute atomic E-state index is 0.0193. The molecule has 3 aliphatic heterocycles. The summed E-state index contributed by atoms with van der Waals surface area (Å²) in [5, 5.41) is 5.88. The number of aromatic amines is 1. The number of nitrogens with zero attached hydrogens (tertiary/aromatic N) is 7. The van der Waals surface area contributed by atoms with Crippen molar-refractivity contribution < 1.29 is 44.8 Å². The maximum atomic E-state index is 15.9. The highest BCUT2D eigenvalue weighted by Crippen LogP contribution is 2.50. The van der Waals surface area contributed by atoms with Crippen LogP contribution in [-0.2, 0) is 44.8 Å². The monoisotopic (exact) mass is 678 g/mol. The summed E-state index contributed by atoms with van der Waals surface area (Å²) in [6, 6.07) is 0. The highest BCUT2D eigenvalue weighted by molar-refractivity contribution is 8.07. The van der Waals surface area contributed by atoms with Gasteiger partial charge in [-0.15, -0.1) is 0 Å². The molecular weight excluding hydrogens is 657 g/mol. The van der Waals surface area contributed by atoms with E-state index in [9.17, 15) is 18.1 Å². The van der Waals surface area contributed by atoms with Gasteiger partial charge < -0.3 is 24.6 Å². The number of imidazole rings is 2. The number of nitrogen functional groups attached to an aromatic ring is 1. The first-order chi connectivity index (χ1) is 20.9. The maximum absolute atomic E-state index is 15.9. The van der Waals surface area contributed by atoms with E-state index in [2.05, 4.69) is 34.9 Å². The minimum Gasteiger partial charge on any atom is -0.382 e. The normalized spacial score (nSPS) is 36.1. The second-order valence-electron chi connectivity index (χ2n) is 9.88. The van der Waals surface area contributed by atoms with Crippen LogP contribution in [0.2, 0.25) is 0 Å². The van der Waals surface area contributed by atoms with Gasteiger partial charge in [0, 0.05) is 6.54 Å². The van der Waals surface area contributed by atoms with Crippen molar-refractivity contribution in [2.24, 2.45) is 0 Å². The van der Waals surface area contributed by atoms with Crippen LogP contribution in [0.1, 0.15) is 12.5 Å². The summed E-state index contributed by atoms with van der Waals surface area (Å²) in [5.41, 5.74) is 5.46. The van der Waals surface area contributed by atoms with Gasteiger partial charge >= 0.3 is 17.0 Å². The van der Waals surface area contributed by atoms with Gasteiger partial charge in [0.05, 0.1) is 31.0 Å². The third kappa shape index (κ3) is 5.07. The molecule has 9 atom stereocenters. The highest BCUT2D eigenvalue weighted by Gasteiger charge is 2.53. The predicted octanol–water partition coefficient (Wildman–Crippen LogP) is -1.14. The molecule has 7 heterocycles. The molecule has 0 amide bonds. The SMILES string of the molecule is Nc1ncnc2c1ncn2[C@@H]1O[C@@H]2COP(O)(=S)O[C@H]3[C@@H](F)[C@H](n4cnc5c(=O)[nH]ncc54)O[C@@H]3CNS(=O)(=O)O[C@H]2[C@H]1F. The minimum atomic E-state index is -4.74. The molecule has 4 aromatic rings. The van der Waals surface area contributed by atoms with Crippen LogP contribution in [0.15, 0.2) is 30.0 Å². The summed E-state index contributed by atoms with van der Waals surface area (Å²) < 4.78 is 89.7. The second kappa shape index (κ2) is 10.8. The molecule has 0 aromatic carbocycles. The fourth-order valence-electron chi connectivity index (χ4n) is 5.23. The zero-order valence-corrected chi connectivity index (χ0v) is 24.3. The molecule has 7 rings (SSSR count). The van der Waals surface area contributed by atoms with Gasteiger partial charge in [-0.25, -0.2) is 38.0 Å². The first-order valence-corrected chi connectivity index (χ1v) is 16.7. The summed E-state index contributed by atoms with van der Waals surface area (Å²) >= 11 is 5.11. The summed E-state index contributed by atoms with van der Waals surface area (Å²) in [4.78, 5) is 38.8. The number of H-pyrrole nitrogens is 1. The lowest BCUT2D eigenvalue weighted by atomic mass is 10.1. The van der Waals surface area contributed by atoms with Crippen molar-refractivity contribution in [2.75, 3.05) is 18.9 Å². The van der Waals surface area contributed by atoms with Crippen molar-refractivity contribution in [1.82, 2.24) is 44.0 Å². The number of nitrogens with two attached hydrogens (primary N) is 1. The number of nitrogens with one attached hydrogen (secondary N) is 2. The molecule has 0 radical (unpaired) electrons. The Kier molecular flexibility index (Phi) is 7.23. The van der Waals surface area contributed by atoms with E-state index in [1.807, 2.05) is 0 Å². The average molecular weight is 679 g/mol. The summed E-state index contributed by atoms with van der Waals surface area (Å²) in [5.74, 6) is 0.0193. The zero-order chi connectivity index (χ0) is 31.0. The van der Waals surface area contributed by atoms with E-state index in [4.69, 9.17) is 40.2 Å². The van der Waals surface area contributed by atoms with Gasteiger partial charge in [0.15, 0.2) is 41.8 Å². The Morgan fingerprint density at radius 1 is 1.05 bits per heavy atom. The predicted molar refractivity (Wildman–Crippen MR) is 145 cm³/mol. The largest absolute Gasteiger partial charge is 0.382 e. The fourth-order valence-corrected chi connectivity index (χ4v) is 7.62. The molecule has 24 heteroatoms. The van der Waals surface area contributed by atoms with Crippen molar-refractivity contribution in [3.05, 3.63) is 35.5 Å². The van der Waals surface area contributed by atoms with Crippen LogP contribution in [0.4, 0.5) is 14.6 Å². The quantitative estimate of drug-likeness (QED) is 0.183. The summed E-state index contributed by atoms with van der Waals surface area (Å²) in [7, 11) is -4.74. The molecule has 236 valence electrons. The van der Waals surface area contributed by atoms with Crippen LogP contribution in [0.5, 0.6) is 0 Å². The molecule has 19 nitrogen and oxygen atoms in total. The van der Waals surface area contributed by atoms with Gasteiger partial charge in [-0.2, -0.15) is 18.2 Å². The third-order valence-corrected chi connectivity index (χ3v) is 9.78. The van der Waals surface area contributed by atoms with Gasteiger partial charge in [-0.3, -0.25) is 18.5 Å². The lowest BCUT2D eigenvalue weighted by Gasteiger charge is -2.27. The third-order valence-electron chi connectivity index (χ3n) is 7.23. The van der Waals surface area contributed by atoms with E-state index in [1.54, 1.807) is 0 Å². The highest BCUT2D eigenvalue weighted by atomic mass is 32.5. The van der Waals surface area contributed by atoms with Crippen molar-refractivity contribution >= 4 is 56.8 Å². The molecule has 3 aliphatic rings. The Labute approximate surface area is 249 Å². The van der Waals surface area contributed by atoms with E-state index >= 15 is 8.78 Å². The Bertz CT molecular complexity index is 1960. The molecule has 0 aliphatic carbocycles. The van der Waals surface area contributed by atoms with Gasteiger partial charge in [0.25, 0.3) is 5.56 Å². The second-order valence-corrected chi connectivity index (χ2v) is 14.1. The Morgan fingerprint density at radius 3 is 2.57 bits per heavy atom. The number of aromatic nitrogens is 8. The van der Waals surface area contributed by atoms with Crippen molar-refractivity contribution in [2.45, 2.75) is 49.2 Å². The van der Waals surface area contributed by atoms with Crippen LogP contribution >= 0.6 is 6.72 Å². The number of rotatable bonds is 2. The fraction of sp³-hybridized carbons (Fsp3) is 0.500. The number of ether oxygens (including phenoxy) is 2. The molecule has 4 aromatic heterocycles. The number of anilines is 1. The van der Waals surface area contributed by atoms with Gasteiger partial charge in [-0.1, -0.05) is 0 Å². The lowest BCUT2D eigenvalue weighted by Crippen LogP contribution is -2.45. The van der Waals surface area contributed by atoms with Gasteiger partial charge in [0.1, 0.15) is 36.3 Å². The van der Waals surface area contributed by atoms with Gasteiger partial charge in [-0.05, 0) is 11.8 Å². The topological polar surface area (TPSA) is 246 Å². The van der Waals surface area contributed by atoms with E-state index in [-0.39, 0.29) is 28.0 Å². The van der Waals surface area contributed by atoms with E-state index in [0.29, 0.717) is 0 Å². The maximum Gasteiger partial charge on any atom is 0.336 e. The molecule has 0 bridgehead atoms. The van der Waals surface area contributed by atoms with Crippen LogP contribution < -0.4 is 16.0 Å². The van der Waals surface area contributed by atoms with Crippen LogP contribution in [0.3, 0.4) is 0 Å². The summed E-state index contributed by atoms with van der Waals surface area (Å²) in [6.07, 6.45) is -8.95. The number of hydrogen-bond acceptors (Lipinski definition) is 15. The molecule has 0 saturated carbocycles. The first kappa shape index (κ1) is 29.6. The summed E-state index contributed by atoms with van der Waals surface area (Å²) in [6.45, 7) is -5.68. The Hall–Kier alpha value is -3.12. The van der Waals surface area contributed by atoms with Crippen molar-refractivity contribution in [3.63, 3.8) is 0 Å². The molecule has 44 heavy (non-hydrogen) atoms. The van der Waals surface area contributed by atoms with Crippen LogP contribution in [0, 0.1) is 0 Å². The number of alkyl halides is 2. The van der Waals surface area contributed by atoms with Crippen LogP contribution in [0.25, 0.3) is 22.2 Å². The lowest BCUT2D eigenvalue weighted by molar-refractivity contribution is -0.0454. The molecule has 3 fully saturated rings. The molecule has 1 unspecified atom stereocenters. The average Bonchev–Trinajstić information content (AvgIpc) is 3.73. The standard InChI is InChI=1S/C20H21F2N10O9PS2/c21-10-14-8(38-19(10)31-5-26-12-7(31)1-28-30-18(12)33)2-29-44(35,36)41-15-9(3-37-42(34,43)40-14)39-20(11(15)22)32-6-27-13-16(23)24-4-25-17(13)32/h1,4-6,8-11,14-15,19-20,29H,2-3H2,(H,30,33)(H,34,43)(H2,23,24,25)/t8-,9-,10-,11-,14-,15-,19-,20-,42?/m1/s1. The van der Waals surface area contributed by atoms with Gasteiger partial charge in [0.2, 0.25) is 0 Å². The number of halogens is 2.